The number of hydrogen-bond donors (Lipinski definition) is 1. The van der Waals surface area contributed by atoms with Crippen LogP contribution in [0.2, 0.25) is 0 Å². The Balaban J connectivity index is 1.29. The molecule has 0 saturated carbocycles. The van der Waals surface area contributed by atoms with Gasteiger partial charge in [0, 0.05) is 43.7 Å². The highest BCUT2D eigenvalue weighted by molar-refractivity contribution is 5.90. The van der Waals surface area contributed by atoms with Crippen molar-refractivity contribution in [1.82, 2.24) is 9.88 Å². The van der Waals surface area contributed by atoms with Gasteiger partial charge >= 0.3 is 0 Å². The first-order valence-electron chi connectivity index (χ1n) is 10.4. The average Bonchev–Trinajstić information content (AvgIpc) is 3.23. The Hall–Kier alpha value is -2.96. The predicted octanol–water partition coefficient (Wildman–Crippen LogP) is 4.05. The van der Waals surface area contributed by atoms with Crippen LogP contribution in [0.15, 0.2) is 59.1 Å². The number of ether oxygens (including phenoxy) is 1. The van der Waals surface area contributed by atoms with E-state index in [9.17, 15) is 4.79 Å². The number of benzene rings is 2. The lowest BCUT2D eigenvalue weighted by molar-refractivity contribution is -0.116. The minimum Gasteiger partial charge on any atom is -0.441 e. The Bertz CT molecular complexity index is 975. The summed E-state index contributed by atoms with van der Waals surface area (Å²) < 4.78 is 11.2. The van der Waals surface area contributed by atoms with E-state index < -0.39 is 0 Å². The molecule has 1 aliphatic heterocycles. The fourth-order valence-corrected chi connectivity index (χ4v) is 3.49. The number of nitrogens with zero attached hydrogens (tertiary/aromatic N) is 2. The van der Waals surface area contributed by atoms with E-state index in [4.69, 9.17) is 9.15 Å². The second kappa shape index (κ2) is 9.69. The van der Waals surface area contributed by atoms with Crippen LogP contribution in [0.3, 0.4) is 0 Å². The van der Waals surface area contributed by atoms with Crippen LogP contribution in [0.1, 0.15) is 23.4 Å². The summed E-state index contributed by atoms with van der Waals surface area (Å²) in [6.07, 6.45) is 2.50. The molecule has 0 aliphatic carbocycles. The Labute approximate surface area is 176 Å². The van der Waals surface area contributed by atoms with Crippen LogP contribution in [0.5, 0.6) is 0 Å². The molecule has 156 valence electrons. The molecule has 2 aromatic carbocycles. The van der Waals surface area contributed by atoms with E-state index in [1.807, 2.05) is 49.4 Å². The second-order valence-corrected chi connectivity index (χ2v) is 7.62. The van der Waals surface area contributed by atoms with E-state index in [0.29, 0.717) is 18.7 Å². The lowest BCUT2D eigenvalue weighted by Crippen LogP contribution is -2.35. The number of oxazole rings is 1. The van der Waals surface area contributed by atoms with Gasteiger partial charge in [0.05, 0.1) is 19.4 Å². The van der Waals surface area contributed by atoms with Gasteiger partial charge in [-0.25, -0.2) is 4.98 Å². The average molecular weight is 405 g/mol. The Morgan fingerprint density at radius 3 is 2.73 bits per heavy atom. The highest BCUT2D eigenvalue weighted by atomic mass is 16.5. The number of rotatable bonds is 7. The molecule has 1 aromatic heterocycles. The lowest BCUT2D eigenvalue weighted by atomic mass is 10.1. The van der Waals surface area contributed by atoms with E-state index in [0.717, 1.165) is 49.9 Å². The number of amides is 1. The maximum absolute atomic E-state index is 12.4. The topological polar surface area (TPSA) is 67.6 Å². The smallest absolute Gasteiger partial charge is 0.224 e. The normalized spacial score (nSPS) is 14.6. The third-order valence-corrected chi connectivity index (χ3v) is 5.18. The first-order chi connectivity index (χ1) is 14.7. The van der Waals surface area contributed by atoms with E-state index in [1.165, 1.54) is 11.1 Å². The number of anilines is 1. The van der Waals surface area contributed by atoms with Crippen molar-refractivity contribution in [3.05, 3.63) is 71.7 Å². The Kier molecular flexibility index (Phi) is 6.57. The fraction of sp³-hybridized carbons (Fsp3) is 0.333. The molecular weight excluding hydrogens is 378 g/mol. The second-order valence-electron chi connectivity index (χ2n) is 7.62. The summed E-state index contributed by atoms with van der Waals surface area (Å²) in [5.41, 5.74) is 4.19. The molecular formula is C24H27N3O3. The van der Waals surface area contributed by atoms with Crippen LogP contribution in [0.25, 0.3) is 11.3 Å². The third-order valence-electron chi connectivity index (χ3n) is 5.18. The van der Waals surface area contributed by atoms with Gasteiger partial charge in [-0.3, -0.25) is 9.69 Å². The molecule has 1 fully saturated rings. The number of hydrogen-bond acceptors (Lipinski definition) is 5. The largest absolute Gasteiger partial charge is 0.441 e. The first kappa shape index (κ1) is 20.3. The Morgan fingerprint density at radius 2 is 1.93 bits per heavy atom. The molecule has 1 saturated heterocycles. The highest BCUT2D eigenvalue weighted by Gasteiger charge is 2.12. The van der Waals surface area contributed by atoms with Crippen LogP contribution in [-0.4, -0.2) is 42.1 Å². The number of aromatic nitrogens is 1. The minimum atomic E-state index is -0.0476. The summed E-state index contributed by atoms with van der Waals surface area (Å²) in [4.78, 5) is 19.1. The van der Waals surface area contributed by atoms with E-state index in [1.54, 1.807) is 6.20 Å². The molecule has 2 heterocycles. The quantitative estimate of drug-likeness (QED) is 0.642. The predicted molar refractivity (Wildman–Crippen MR) is 116 cm³/mol. The van der Waals surface area contributed by atoms with Crippen molar-refractivity contribution in [2.24, 2.45) is 0 Å². The van der Waals surface area contributed by atoms with Crippen molar-refractivity contribution < 1.29 is 13.9 Å². The summed E-state index contributed by atoms with van der Waals surface area (Å²) in [5.74, 6) is 1.25. The lowest BCUT2D eigenvalue weighted by Gasteiger charge is -2.26. The van der Waals surface area contributed by atoms with Crippen molar-refractivity contribution in [3.63, 3.8) is 0 Å². The zero-order chi connectivity index (χ0) is 20.8. The van der Waals surface area contributed by atoms with Crippen LogP contribution in [0.4, 0.5) is 5.69 Å². The van der Waals surface area contributed by atoms with E-state index in [-0.39, 0.29) is 5.91 Å². The number of carbonyl (C=O) groups excluding carboxylic acids is 1. The Morgan fingerprint density at radius 1 is 1.13 bits per heavy atom. The molecule has 0 bridgehead atoms. The molecule has 6 nitrogen and oxygen atoms in total. The highest BCUT2D eigenvalue weighted by Crippen LogP contribution is 2.21. The standard InChI is InChI=1S/C24H27N3O3/c1-18-5-7-20(8-6-18)22-16-25-24(30-22)10-9-23(28)26-21-4-2-3-19(15-21)17-27-11-13-29-14-12-27/h2-8,15-16H,9-14,17H2,1H3,(H,26,28). The molecule has 30 heavy (non-hydrogen) atoms. The summed E-state index contributed by atoms with van der Waals surface area (Å²) in [6.45, 7) is 6.36. The van der Waals surface area contributed by atoms with Crippen LogP contribution in [-0.2, 0) is 22.5 Å². The van der Waals surface area contributed by atoms with E-state index in [2.05, 4.69) is 21.3 Å². The van der Waals surface area contributed by atoms with Gasteiger partial charge in [0.15, 0.2) is 11.7 Å². The molecule has 0 atom stereocenters. The zero-order valence-corrected chi connectivity index (χ0v) is 17.3. The van der Waals surface area contributed by atoms with Gasteiger partial charge in [0.2, 0.25) is 5.91 Å². The zero-order valence-electron chi connectivity index (χ0n) is 17.3. The van der Waals surface area contributed by atoms with Crippen molar-refractivity contribution in [3.8, 4) is 11.3 Å². The first-order valence-corrected chi connectivity index (χ1v) is 10.4. The number of morpholine rings is 1. The summed E-state index contributed by atoms with van der Waals surface area (Å²) in [5, 5.41) is 2.98. The van der Waals surface area contributed by atoms with Gasteiger partial charge in [-0.2, -0.15) is 0 Å². The van der Waals surface area contributed by atoms with E-state index >= 15 is 0 Å². The van der Waals surface area contributed by atoms with Gasteiger partial charge < -0.3 is 14.5 Å². The summed E-state index contributed by atoms with van der Waals surface area (Å²) in [7, 11) is 0. The maximum Gasteiger partial charge on any atom is 0.224 e. The molecule has 1 N–H and O–H groups in total. The van der Waals surface area contributed by atoms with Crippen molar-refractivity contribution in [1.29, 1.82) is 0 Å². The third kappa shape index (κ3) is 5.55. The van der Waals surface area contributed by atoms with Crippen LogP contribution in [0, 0.1) is 6.92 Å². The molecule has 0 radical (unpaired) electrons. The molecule has 0 spiro atoms. The monoisotopic (exact) mass is 405 g/mol. The fourth-order valence-electron chi connectivity index (χ4n) is 3.49. The van der Waals surface area contributed by atoms with Crippen LogP contribution < -0.4 is 5.32 Å². The number of aryl methyl sites for hydroxylation is 2. The summed E-state index contributed by atoms with van der Waals surface area (Å²) >= 11 is 0. The molecule has 1 amide bonds. The summed E-state index contributed by atoms with van der Waals surface area (Å²) in [6, 6.07) is 16.1. The number of carbonyl (C=O) groups is 1. The maximum atomic E-state index is 12.4. The molecule has 6 heteroatoms. The van der Waals surface area contributed by atoms with Gasteiger partial charge in [-0.15, -0.1) is 0 Å². The molecule has 0 unspecified atom stereocenters. The SMILES string of the molecule is Cc1ccc(-c2cnc(CCC(=O)Nc3cccc(CN4CCOCC4)c3)o2)cc1. The minimum absolute atomic E-state index is 0.0476. The van der Waals surface area contributed by atoms with Crippen molar-refractivity contribution in [2.45, 2.75) is 26.3 Å². The van der Waals surface area contributed by atoms with Crippen molar-refractivity contribution >= 4 is 11.6 Å². The van der Waals surface area contributed by atoms with Gasteiger partial charge in [-0.1, -0.05) is 42.0 Å². The van der Waals surface area contributed by atoms with Crippen LogP contribution >= 0.6 is 0 Å². The van der Waals surface area contributed by atoms with Gasteiger partial charge in [0.1, 0.15) is 0 Å². The van der Waals surface area contributed by atoms with Gasteiger partial charge in [0.25, 0.3) is 0 Å². The molecule has 1 aliphatic rings. The molecule has 3 aromatic rings. The number of nitrogens with one attached hydrogen (secondary N) is 1. The van der Waals surface area contributed by atoms with Crippen molar-refractivity contribution in [2.75, 3.05) is 31.6 Å². The molecule has 4 rings (SSSR count). The van der Waals surface area contributed by atoms with Gasteiger partial charge in [-0.05, 0) is 24.6 Å².